The van der Waals surface area contributed by atoms with Gasteiger partial charge in [0.2, 0.25) is 0 Å². The summed E-state index contributed by atoms with van der Waals surface area (Å²) in [5.74, 6) is 0.730. The number of imidazole rings is 1. The minimum absolute atomic E-state index is 0.727. The molecule has 0 fully saturated rings. The van der Waals surface area contributed by atoms with Crippen LogP contribution >= 0.6 is 22.6 Å². The number of nitrogens with zero attached hydrogens (tertiary/aromatic N) is 4. The first-order chi connectivity index (χ1) is 10.3. The van der Waals surface area contributed by atoms with Crippen LogP contribution in [-0.2, 0) is 0 Å². The molecule has 2 aromatic carbocycles. The van der Waals surface area contributed by atoms with E-state index in [2.05, 4.69) is 42.9 Å². The number of H-pyrrole nitrogens is 1. The van der Waals surface area contributed by atoms with E-state index in [1.165, 1.54) is 3.57 Å². The normalized spacial score (nSPS) is 11.1. The Morgan fingerprint density at radius 2 is 1.81 bits per heavy atom. The van der Waals surface area contributed by atoms with Gasteiger partial charge in [0.15, 0.2) is 5.82 Å². The van der Waals surface area contributed by atoms with Gasteiger partial charge in [-0.05, 0) is 59.0 Å². The zero-order chi connectivity index (χ0) is 14.2. The van der Waals surface area contributed by atoms with E-state index in [-0.39, 0.29) is 0 Å². The van der Waals surface area contributed by atoms with E-state index in [1.807, 2.05) is 54.7 Å². The highest BCUT2D eigenvalue weighted by Crippen LogP contribution is 2.19. The lowest BCUT2D eigenvalue weighted by molar-refractivity contribution is 0.803. The van der Waals surface area contributed by atoms with Crippen LogP contribution in [-0.4, -0.2) is 25.0 Å². The fourth-order valence-electron chi connectivity index (χ4n) is 2.17. The molecule has 6 heteroatoms. The Balaban J connectivity index is 1.75. The van der Waals surface area contributed by atoms with Crippen LogP contribution in [0.4, 0.5) is 0 Å². The SMILES string of the molecule is Ic1ccc(-n2cc(-c3nc4ccccc4[nH]3)nn2)cc1. The summed E-state index contributed by atoms with van der Waals surface area (Å²) in [5, 5.41) is 8.36. The average Bonchev–Trinajstić information content (AvgIpc) is 3.14. The number of fused-ring (bicyclic) bond motifs is 1. The third kappa shape index (κ3) is 2.31. The quantitative estimate of drug-likeness (QED) is 0.537. The van der Waals surface area contributed by atoms with E-state index in [9.17, 15) is 0 Å². The Morgan fingerprint density at radius 3 is 2.62 bits per heavy atom. The molecule has 1 N–H and O–H groups in total. The van der Waals surface area contributed by atoms with Crippen molar-refractivity contribution in [2.45, 2.75) is 0 Å². The molecule has 2 aromatic heterocycles. The maximum atomic E-state index is 4.53. The van der Waals surface area contributed by atoms with E-state index < -0.39 is 0 Å². The smallest absolute Gasteiger partial charge is 0.160 e. The van der Waals surface area contributed by atoms with Crippen LogP contribution in [0.15, 0.2) is 54.7 Å². The van der Waals surface area contributed by atoms with Gasteiger partial charge in [0.25, 0.3) is 0 Å². The lowest BCUT2D eigenvalue weighted by atomic mass is 10.3. The molecule has 0 radical (unpaired) electrons. The first-order valence-electron chi connectivity index (χ1n) is 6.43. The Bertz CT molecular complexity index is 874. The van der Waals surface area contributed by atoms with Gasteiger partial charge in [-0.15, -0.1) is 5.10 Å². The van der Waals surface area contributed by atoms with Gasteiger partial charge in [0.1, 0.15) is 5.69 Å². The first-order valence-corrected chi connectivity index (χ1v) is 7.51. The molecule has 5 nitrogen and oxygen atoms in total. The molecular formula is C15H10IN5. The molecule has 21 heavy (non-hydrogen) atoms. The predicted octanol–water partition coefficient (Wildman–Crippen LogP) is 3.42. The molecule has 0 bridgehead atoms. The van der Waals surface area contributed by atoms with Crippen molar-refractivity contribution in [3.63, 3.8) is 0 Å². The molecule has 4 aromatic rings. The minimum atomic E-state index is 0.727. The van der Waals surface area contributed by atoms with E-state index in [0.717, 1.165) is 28.2 Å². The zero-order valence-electron chi connectivity index (χ0n) is 10.9. The summed E-state index contributed by atoms with van der Waals surface area (Å²) in [5.41, 5.74) is 3.63. The van der Waals surface area contributed by atoms with Gasteiger partial charge in [-0.2, -0.15) is 0 Å². The zero-order valence-corrected chi connectivity index (χ0v) is 13.0. The van der Waals surface area contributed by atoms with E-state index in [0.29, 0.717) is 0 Å². The van der Waals surface area contributed by atoms with E-state index in [1.54, 1.807) is 4.68 Å². The predicted molar refractivity (Wildman–Crippen MR) is 89.2 cm³/mol. The fourth-order valence-corrected chi connectivity index (χ4v) is 2.53. The minimum Gasteiger partial charge on any atom is -0.337 e. The van der Waals surface area contributed by atoms with Crippen molar-refractivity contribution in [2.24, 2.45) is 0 Å². The van der Waals surface area contributed by atoms with Crippen molar-refractivity contribution in [1.29, 1.82) is 0 Å². The van der Waals surface area contributed by atoms with Crippen LogP contribution < -0.4 is 0 Å². The van der Waals surface area contributed by atoms with Gasteiger partial charge in [-0.1, -0.05) is 17.3 Å². The van der Waals surface area contributed by atoms with E-state index in [4.69, 9.17) is 0 Å². The number of hydrogen-bond acceptors (Lipinski definition) is 3. The lowest BCUT2D eigenvalue weighted by Gasteiger charge is -1.98. The number of hydrogen-bond donors (Lipinski definition) is 1. The number of aromatic amines is 1. The number of nitrogens with one attached hydrogen (secondary N) is 1. The Kier molecular flexibility index (Phi) is 2.95. The number of para-hydroxylation sites is 2. The third-order valence-corrected chi connectivity index (χ3v) is 3.94. The Hall–Kier alpha value is -2.22. The molecule has 4 rings (SSSR count). The summed E-state index contributed by atoms with van der Waals surface area (Å²) in [7, 11) is 0. The second kappa shape index (κ2) is 4.96. The van der Waals surface area contributed by atoms with Gasteiger partial charge in [0.05, 0.1) is 22.9 Å². The van der Waals surface area contributed by atoms with Crippen molar-refractivity contribution in [3.05, 3.63) is 58.3 Å². The van der Waals surface area contributed by atoms with Crippen molar-refractivity contribution in [3.8, 4) is 17.2 Å². The molecular weight excluding hydrogens is 377 g/mol. The van der Waals surface area contributed by atoms with Crippen LogP contribution in [0.5, 0.6) is 0 Å². The van der Waals surface area contributed by atoms with Crippen LogP contribution in [0.2, 0.25) is 0 Å². The topological polar surface area (TPSA) is 59.4 Å². The van der Waals surface area contributed by atoms with Crippen LogP contribution in [0.1, 0.15) is 0 Å². The molecule has 0 aliphatic rings. The largest absolute Gasteiger partial charge is 0.337 e. The first kappa shape index (κ1) is 12.5. The highest BCUT2D eigenvalue weighted by Gasteiger charge is 2.09. The molecule has 0 spiro atoms. The van der Waals surface area contributed by atoms with Crippen molar-refractivity contribution >= 4 is 33.6 Å². The van der Waals surface area contributed by atoms with Crippen LogP contribution in [0, 0.1) is 3.57 Å². The average molecular weight is 387 g/mol. The molecule has 0 aliphatic heterocycles. The highest BCUT2D eigenvalue weighted by atomic mass is 127. The third-order valence-electron chi connectivity index (χ3n) is 3.22. The summed E-state index contributed by atoms with van der Waals surface area (Å²) in [6, 6.07) is 16.0. The summed E-state index contributed by atoms with van der Waals surface area (Å²) in [4.78, 5) is 7.79. The maximum absolute atomic E-state index is 4.53. The van der Waals surface area contributed by atoms with Crippen molar-refractivity contribution < 1.29 is 0 Å². The number of benzene rings is 2. The molecule has 102 valence electrons. The molecule has 0 amide bonds. The molecule has 0 aliphatic carbocycles. The van der Waals surface area contributed by atoms with Crippen LogP contribution in [0.3, 0.4) is 0 Å². The van der Waals surface area contributed by atoms with Crippen molar-refractivity contribution in [1.82, 2.24) is 25.0 Å². The van der Waals surface area contributed by atoms with Gasteiger partial charge in [0, 0.05) is 3.57 Å². The van der Waals surface area contributed by atoms with Crippen molar-refractivity contribution in [2.75, 3.05) is 0 Å². The van der Waals surface area contributed by atoms with E-state index >= 15 is 0 Å². The number of aromatic nitrogens is 5. The second-order valence-electron chi connectivity index (χ2n) is 4.63. The molecule has 0 saturated heterocycles. The Morgan fingerprint density at radius 1 is 1.00 bits per heavy atom. The Labute approximate surface area is 134 Å². The molecule has 2 heterocycles. The summed E-state index contributed by atoms with van der Waals surface area (Å²) in [6.45, 7) is 0. The highest BCUT2D eigenvalue weighted by molar-refractivity contribution is 14.1. The standard InChI is InChI=1S/C15H10IN5/c16-10-5-7-11(8-6-10)21-9-14(19-20-21)15-17-12-3-1-2-4-13(12)18-15/h1-9H,(H,17,18). The number of rotatable bonds is 2. The van der Waals surface area contributed by atoms with Crippen LogP contribution in [0.25, 0.3) is 28.2 Å². The second-order valence-corrected chi connectivity index (χ2v) is 5.87. The monoisotopic (exact) mass is 387 g/mol. The summed E-state index contributed by atoms with van der Waals surface area (Å²) < 4.78 is 2.94. The maximum Gasteiger partial charge on any atom is 0.160 e. The lowest BCUT2D eigenvalue weighted by Crippen LogP contribution is -1.94. The van der Waals surface area contributed by atoms with Gasteiger partial charge < -0.3 is 4.98 Å². The molecule has 0 unspecified atom stereocenters. The van der Waals surface area contributed by atoms with Gasteiger partial charge in [-0.25, -0.2) is 9.67 Å². The van der Waals surface area contributed by atoms with Gasteiger partial charge >= 0.3 is 0 Å². The summed E-state index contributed by atoms with van der Waals surface area (Å²) in [6.07, 6.45) is 1.87. The van der Waals surface area contributed by atoms with Gasteiger partial charge in [-0.3, -0.25) is 0 Å². The fraction of sp³-hybridized carbons (Fsp3) is 0. The number of halogens is 1. The summed E-state index contributed by atoms with van der Waals surface area (Å²) >= 11 is 2.28. The molecule has 0 atom stereocenters. The molecule has 0 saturated carbocycles.